The van der Waals surface area contributed by atoms with Gasteiger partial charge in [0.25, 0.3) is 0 Å². The highest BCUT2D eigenvalue weighted by Crippen LogP contribution is 2.32. The summed E-state index contributed by atoms with van der Waals surface area (Å²) in [5.41, 5.74) is 5.22. The van der Waals surface area contributed by atoms with Gasteiger partial charge in [-0.1, -0.05) is 17.7 Å². The molecule has 0 aliphatic carbocycles. The Balaban J connectivity index is 2.70. The Morgan fingerprint density at radius 2 is 1.69 bits per heavy atom. The van der Waals surface area contributed by atoms with Gasteiger partial charge in [0.05, 0.1) is 0 Å². The molecule has 0 amide bonds. The maximum absolute atomic E-state index is 9.82. The van der Waals surface area contributed by atoms with Gasteiger partial charge in [0.15, 0.2) is 0 Å². The summed E-state index contributed by atoms with van der Waals surface area (Å²) in [7, 11) is 0. The number of aromatic nitrogens is 1. The summed E-state index contributed by atoms with van der Waals surface area (Å²) in [6.45, 7) is 6.16. The highest BCUT2D eigenvalue weighted by atomic mass is 16.3. The van der Waals surface area contributed by atoms with Crippen LogP contribution in [0.15, 0.2) is 30.5 Å². The Morgan fingerprint density at radius 1 is 1.06 bits per heavy atom. The average Bonchev–Trinajstić information content (AvgIpc) is 2.19. The molecule has 0 aliphatic heterocycles. The first-order valence-electron chi connectivity index (χ1n) is 5.32. The van der Waals surface area contributed by atoms with Gasteiger partial charge in [-0.3, -0.25) is 4.98 Å². The maximum atomic E-state index is 9.82. The summed E-state index contributed by atoms with van der Waals surface area (Å²) < 4.78 is 0. The molecule has 82 valence electrons. The van der Waals surface area contributed by atoms with E-state index in [1.54, 1.807) is 18.3 Å². The summed E-state index contributed by atoms with van der Waals surface area (Å²) in [6.07, 6.45) is 1.70. The third-order valence-electron chi connectivity index (χ3n) is 2.70. The van der Waals surface area contributed by atoms with Crippen molar-refractivity contribution in [1.82, 2.24) is 4.98 Å². The van der Waals surface area contributed by atoms with Crippen LogP contribution in [0.25, 0.3) is 11.3 Å². The standard InChI is InChI=1S/C14H15NO/c1-9-7-10(2)13(11(3)8-9)14-12(16)5-4-6-15-14/h4-8,16H,1-3H3. The zero-order valence-corrected chi connectivity index (χ0v) is 9.78. The molecular weight excluding hydrogens is 198 g/mol. The van der Waals surface area contributed by atoms with Crippen molar-refractivity contribution in [3.8, 4) is 17.0 Å². The van der Waals surface area contributed by atoms with Crippen molar-refractivity contribution in [1.29, 1.82) is 0 Å². The molecule has 2 heteroatoms. The van der Waals surface area contributed by atoms with Gasteiger partial charge in [0.2, 0.25) is 0 Å². The first-order valence-corrected chi connectivity index (χ1v) is 5.32. The number of hydrogen-bond acceptors (Lipinski definition) is 2. The number of rotatable bonds is 1. The molecule has 0 saturated heterocycles. The number of aryl methyl sites for hydroxylation is 3. The van der Waals surface area contributed by atoms with Crippen LogP contribution in [-0.2, 0) is 0 Å². The van der Waals surface area contributed by atoms with Gasteiger partial charge in [-0.15, -0.1) is 0 Å². The smallest absolute Gasteiger partial charge is 0.141 e. The van der Waals surface area contributed by atoms with Crippen LogP contribution in [0.1, 0.15) is 16.7 Å². The molecule has 0 aliphatic rings. The van der Waals surface area contributed by atoms with Gasteiger partial charge in [-0.05, 0) is 44.0 Å². The third kappa shape index (κ3) is 1.78. The number of benzene rings is 1. The highest BCUT2D eigenvalue weighted by molar-refractivity contribution is 5.72. The van der Waals surface area contributed by atoms with Gasteiger partial charge < -0.3 is 5.11 Å². The largest absolute Gasteiger partial charge is 0.506 e. The third-order valence-corrected chi connectivity index (χ3v) is 2.70. The minimum Gasteiger partial charge on any atom is -0.506 e. The summed E-state index contributed by atoms with van der Waals surface area (Å²) >= 11 is 0. The van der Waals surface area contributed by atoms with Gasteiger partial charge in [-0.25, -0.2) is 0 Å². The fourth-order valence-electron chi connectivity index (χ4n) is 2.14. The Labute approximate surface area is 95.6 Å². The second-order valence-corrected chi connectivity index (χ2v) is 4.14. The second-order valence-electron chi connectivity index (χ2n) is 4.14. The van der Waals surface area contributed by atoms with Crippen LogP contribution in [0, 0.1) is 20.8 Å². The molecule has 0 unspecified atom stereocenters. The Bertz CT molecular complexity index is 509. The minimum atomic E-state index is 0.234. The van der Waals surface area contributed by atoms with E-state index in [9.17, 15) is 5.11 Å². The number of pyridine rings is 1. The zero-order valence-electron chi connectivity index (χ0n) is 9.78. The maximum Gasteiger partial charge on any atom is 0.141 e. The normalized spacial score (nSPS) is 10.4. The summed E-state index contributed by atoms with van der Waals surface area (Å²) in [4.78, 5) is 4.25. The van der Waals surface area contributed by atoms with Crippen LogP contribution in [0.3, 0.4) is 0 Å². The summed E-state index contributed by atoms with van der Waals surface area (Å²) in [5.74, 6) is 0.234. The Kier molecular flexibility index (Phi) is 2.65. The Morgan fingerprint density at radius 3 is 2.25 bits per heavy atom. The van der Waals surface area contributed by atoms with Crippen molar-refractivity contribution in [3.63, 3.8) is 0 Å². The van der Waals surface area contributed by atoms with Crippen LogP contribution in [0.4, 0.5) is 0 Å². The van der Waals surface area contributed by atoms with Crippen molar-refractivity contribution in [2.45, 2.75) is 20.8 Å². The lowest BCUT2D eigenvalue weighted by atomic mass is 9.96. The SMILES string of the molecule is Cc1cc(C)c(-c2ncccc2O)c(C)c1. The second kappa shape index (κ2) is 3.97. The van der Waals surface area contributed by atoms with E-state index >= 15 is 0 Å². The molecule has 2 rings (SSSR count). The molecule has 0 radical (unpaired) electrons. The quantitative estimate of drug-likeness (QED) is 0.787. The molecule has 2 nitrogen and oxygen atoms in total. The molecule has 1 N–H and O–H groups in total. The lowest BCUT2D eigenvalue weighted by Crippen LogP contribution is -1.92. The van der Waals surface area contributed by atoms with E-state index in [4.69, 9.17) is 0 Å². The fraction of sp³-hybridized carbons (Fsp3) is 0.214. The minimum absolute atomic E-state index is 0.234. The van der Waals surface area contributed by atoms with E-state index in [0.29, 0.717) is 5.69 Å². The molecule has 16 heavy (non-hydrogen) atoms. The first-order chi connectivity index (χ1) is 7.59. The van der Waals surface area contributed by atoms with E-state index < -0.39 is 0 Å². The van der Waals surface area contributed by atoms with Crippen LogP contribution in [-0.4, -0.2) is 10.1 Å². The van der Waals surface area contributed by atoms with Crippen molar-refractivity contribution in [2.75, 3.05) is 0 Å². The molecule has 0 atom stereocenters. The molecule has 2 aromatic rings. The average molecular weight is 213 g/mol. The summed E-state index contributed by atoms with van der Waals surface area (Å²) in [5, 5.41) is 9.82. The van der Waals surface area contributed by atoms with E-state index in [-0.39, 0.29) is 5.75 Å². The van der Waals surface area contributed by atoms with Crippen molar-refractivity contribution in [2.24, 2.45) is 0 Å². The van der Waals surface area contributed by atoms with E-state index in [1.165, 1.54) is 5.56 Å². The van der Waals surface area contributed by atoms with Crippen molar-refractivity contribution < 1.29 is 5.11 Å². The lowest BCUT2D eigenvalue weighted by Gasteiger charge is -2.11. The monoisotopic (exact) mass is 213 g/mol. The van der Waals surface area contributed by atoms with E-state index in [0.717, 1.165) is 16.7 Å². The number of nitrogens with zero attached hydrogens (tertiary/aromatic N) is 1. The fourth-order valence-corrected chi connectivity index (χ4v) is 2.14. The summed E-state index contributed by atoms with van der Waals surface area (Å²) in [6, 6.07) is 7.62. The predicted molar refractivity (Wildman–Crippen MR) is 65.5 cm³/mol. The molecule has 1 aromatic carbocycles. The molecule has 0 fully saturated rings. The van der Waals surface area contributed by atoms with Crippen LogP contribution < -0.4 is 0 Å². The van der Waals surface area contributed by atoms with Crippen molar-refractivity contribution in [3.05, 3.63) is 47.2 Å². The molecule has 0 spiro atoms. The van der Waals surface area contributed by atoms with Gasteiger partial charge in [0.1, 0.15) is 11.4 Å². The zero-order chi connectivity index (χ0) is 11.7. The van der Waals surface area contributed by atoms with Crippen LogP contribution >= 0.6 is 0 Å². The van der Waals surface area contributed by atoms with Gasteiger partial charge in [0, 0.05) is 11.8 Å². The Hall–Kier alpha value is -1.83. The molecule has 0 saturated carbocycles. The van der Waals surface area contributed by atoms with Gasteiger partial charge in [-0.2, -0.15) is 0 Å². The first kappa shape index (κ1) is 10.7. The van der Waals surface area contributed by atoms with Crippen LogP contribution in [0.2, 0.25) is 0 Å². The molecular formula is C14H15NO. The topological polar surface area (TPSA) is 33.1 Å². The number of aromatic hydroxyl groups is 1. The molecule has 0 bridgehead atoms. The lowest BCUT2D eigenvalue weighted by molar-refractivity contribution is 0.475. The molecule has 1 heterocycles. The van der Waals surface area contributed by atoms with Crippen molar-refractivity contribution >= 4 is 0 Å². The van der Waals surface area contributed by atoms with E-state index in [2.05, 4.69) is 24.0 Å². The number of hydrogen-bond donors (Lipinski definition) is 1. The van der Waals surface area contributed by atoms with Gasteiger partial charge >= 0.3 is 0 Å². The van der Waals surface area contributed by atoms with Crippen LogP contribution in [0.5, 0.6) is 5.75 Å². The molecule has 1 aromatic heterocycles. The predicted octanol–water partition coefficient (Wildman–Crippen LogP) is 3.38. The highest BCUT2D eigenvalue weighted by Gasteiger charge is 2.11. The van der Waals surface area contributed by atoms with E-state index in [1.807, 2.05) is 13.8 Å².